The number of anilines is 2. The van der Waals surface area contributed by atoms with E-state index in [-0.39, 0.29) is 5.95 Å². The van der Waals surface area contributed by atoms with E-state index < -0.39 is 0 Å². The van der Waals surface area contributed by atoms with E-state index in [1.807, 2.05) is 0 Å². The van der Waals surface area contributed by atoms with E-state index in [2.05, 4.69) is 35.6 Å². The largest absolute Gasteiger partial charge is 0.368 e. The van der Waals surface area contributed by atoms with E-state index in [4.69, 9.17) is 17.3 Å². The monoisotopic (exact) mass is 242 g/mol. The summed E-state index contributed by atoms with van der Waals surface area (Å²) in [6, 6.07) is 1.75. The van der Waals surface area contributed by atoms with Gasteiger partial charge in [-0.1, -0.05) is 31.9 Å². The summed E-state index contributed by atoms with van der Waals surface area (Å²) in [6.45, 7) is 8.33. The first-order valence-corrected chi connectivity index (χ1v) is 5.99. The molecule has 2 N–H and O–H groups in total. The minimum absolute atomic E-state index is 0.227. The summed E-state index contributed by atoms with van der Waals surface area (Å²) >= 11 is 5.86. The topological polar surface area (TPSA) is 55.0 Å². The van der Waals surface area contributed by atoms with Crippen LogP contribution in [0.15, 0.2) is 6.07 Å². The first-order valence-electron chi connectivity index (χ1n) is 5.61. The molecule has 0 fully saturated rings. The van der Waals surface area contributed by atoms with Gasteiger partial charge in [0.2, 0.25) is 5.95 Å². The molecule has 1 atom stereocenters. The van der Waals surface area contributed by atoms with Crippen molar-refractivity contribution in [1.82, 2.24) is 9.97 Å². The predicted molar refractivity (Wildman–Crippen MR) is 68.8 cm³/mol. The van der Waals surface area contributed by atoms with Gasteiger partial charge in [-0.3, -0.25) is 0 Å². The highest BCUT2D eigenvalue weighted by atomic mass is 35.5. The Morgan fingerprint density at radius 2 is 2.12 bits per heavy atom. The number of hydrogen-bond donors (Lipinski definition) is 1. The molecule has 16 heavy (non-hydrogen) atoms. The smallest absolute Gasteiger partial charge is 0.223 e. The van der Waals surface area contributed by atoms with Crippen LogP contribution < -0.4 is 10.6 Å². The van der Waals surface area contributed by atoms with E-state index in [1.54, 1.807) is 6.07 Å². The number of halogens is 1. The number of aromatic nitrogens is 2. The second-order valence-corrected chi connectivity index (χ2v) is 4.35. The molecule has 0 aromatic carbocycles. The Morgan fingerprint density at radius 1 is 1.44 bits per heavy atom. The zero-order valence-electron chi connectivity index (χ0n) is 10.1. The van der Waals surface area contributed by atoms with Crippen LogP contribution in [-0.4, -0.2) is 23.1 Å². The Balaban J connectivity index is 2.86. The summed E-state index contributed by atoms with van der Waals surface area (Å²) in [7, 11) is 0. The zero-order valence-corrected chi connectivity index (χ0v) is 10.8. The Morgan fingerprint density at radius 3 is 2.62 bits per heavy atom. The molecule has 5 heteroatoms. The summed E-state index contributed by atoms with van der Waals surface area (Å²) in [5.74, 6) is 1.65. The van der Waals surface area contributed by atoms with E-state index in [0.29, 0.717) is 11.1 Å². The fourth-order valence-electron chi connectivity index (χ4n) is 1.47. The number of nitrogens with zero attached hydrogens (tertiary/aromatic N) is 3. The highest BCUT2D eigenvalue weighted by Crippen LogP contribution is 2.18. The van der Waals surface area contributed by atoms with Crippen molar-refractivity contribution in [2.24, 2.45) is 5.92 Å². The molecule has 1 aromatic heterocycles. The molecule has 0 bridgehead atoms. The van der Waals surface area contributed by atoms with Crippen LogP contribution in [0.3, 0.4) is 0 Å². The van der Waals surface area contributed by atoms with Crippen molar-refractivity contribution < 1.29 is 0 Å². The van der Waals surface area contributed by atoms with Crippen LogP contribution in [0.25, 0.3) is 0 Å². The lowest BCUT2D eigenvalue weighted by Crippen LogP contribution is -2.29. The summed E-state index contributed by atoms with van der Waals surface area (Å²) in [4.78, 5) is 10.2. The van der Waals surface area contributed by atoms with Gasteiger partial charge in [0.05, 0.1) is 0 Å². The number of rotatable bonds is 5. The Kier molecular flexibility index (Phi) is 4.80. The van der Waals surface area contributed by atoms with Crippen molar-refractivity contribution in [3.05, 3.63) is 11.2 Å². The molecule has 0 radical (unpaired) electrons. The minimum atomic E-state index is 0.227. The molecular formula is C11H19ClN4. The maximum atomic E-state index is 5.86. The van der Waals surface area contributed by atoms with E-state index in [9.17, 15) is 0 Å². The van der Waals surface area contributed by atoms with Crippen molar-refractivity contribution in [1.29, 1.82) is 0 Å². The zero-order chi connectivity index (χ0) is 12.1. The van der Waals surface area contributed by atoms with Gasteiger partial charge in [-0.25, -0.2) is 4.98 Å². The average molecular weight is 243 g/mol. The third-order valence-electron chi connectivity index (χ3n) is 2.63. The van der Waals surface area contributed by atoms with Crippen LogP contribution >= 0.6 is 11.6 Å². The lowest BCUT2D eigenvalue weighted by Gasteiger charge is -2.25. The molecule has 4 nitrogen and oxygen atoms in total. The van der Waals surface area contributed by atoms with Gasteiger partial charge >= 0.3 is 0 Å². The van der Waals surface area contributed by atoms with Crippen molar-refractivity contribution in [2.75, 3.05) is 23.7 Å². The second kappa shape index (κ2) is 5.89. The molecule has 0 saturated heterocycles. The standard InChI is InChI=1S/C11H19ClN4/c1-4-8(3)7-16(5-2)10-6-9(12)14-11(13)15-10/h6,8H,4-5,7H2,1-3H3,(H2,13,14,15). The third-order valence-corrected chi connectivity index (χ3v) is 2.83. The van der Waals surface area contributed by atoms with E-state index in [0.717, 1.165) is 25.3 Å². The van der Waals surface area contributed by atoms with E-state index >= 15 is 0 Å². The fourth-order valence-corrected chi connectivity index (χ4v) is 1.66. The molecule has 1 unspecified atom stereocenters. The van der Waals surface area contributed by atoms with Gasteiger partial charge < -0.3 is 10.6 Å². The fraction of sp³-hybridized carbons (Fsp3) is 0.636. The Hall–Kier alpha value is -1.03. The second-order valence-electron chi connectivity index (χ2n) is 3.96. The van der Waals surface area contributed by atoms with Gasteiger partial charge in [0, 0.05) is 19.2 Å². The van der Waals surface area contributed by atoms with Crippen LogP contribution in [0.2, 0.25) is 5.15 Å². The first kappa shape index (κ1) is 13.0. The summed E-state index contributed by atoms with van der Waals surface area (Å²) < 4.78 is 0. The molecule has 0 spiro atoms. The molecule has 1 aromatic rings. The van der Waals surface area contributed by atoms with Crippen molar-refractivity contribution in [2.45, 2.75) is 27.2 Å². The summed E-state index contributed by atoms with van der Waals surface area (Å²) in [5.41, 5.74) is 5.58. The van der Waals surface area contributed by atoms with Crippen LogP contribution in [0.4, 0.5) is 11.8 Å². The third kappa shape index (κ3) is 3.52. The lowest BCUT2D eigenvalue weighted by molar-refractivity contribution is 0.545. The summed E-state index contributed by atoms with van der Waals surface area (Å²) in [5, 5.41) is 0.394. The molecule has 1 rings (SSSR count). The maximum absolute atomic E-state index is 5.86. The maximum Gasteiger partial charge on any atom is 0.223 e. The minimum Gasteiger partial charge on any atom is -0.368 e. The van der Waals surface area contributed by atoms with Gasteiger partial charge in [-0.05, 0) is 12.8 Å². The first-order chi connectivity index (χ1) is 7.56. The number of hydrogen-bond acceptors (Lipinski definition) is 4. The lowest BCUT2D eigenvalue weighted by atomic mass is 10.1. The molecule has 0 aliphatic carbocycles. The summed E-state index contributed by atoms with van der Waals surface area (Å²) in [6.07, 6.45) is 1.14. The Labute approximate surface area is 102 Å². The van der Waals surface area contributed by atoms with Crippen molar-refractivity contribution >= 4 is 23.4 Å². The molecule has 0 aliphatic rings. The van der Waals surface area contributed by atoms with Gasteiger partial charge in [-0.2, -0.15) is 4.98 Å². The Bertz CT molecular complexity index is 323. The molecule has 1 heterocycles. The van der Waals surface area contributed by atoms with Crippen LogP contribution in [0.1, 0.15) is 27.2 Å². The highest BCUT2D eigenvalue weighted by molar-refractivity contribution is 6.29. The van der Waals surface area contributed by atoms with Gasteiger partial charge in [-0.15, -0.1) is 0 Å². The van der Waals surface area contributed by atoms with Crippen LogP contribution in [0, 0.1) is 5.92 Å². The van der Waals surface area contributed by atoms with Gasteiger partial charge in [0.1, 0.15) is 11.0 Å². The van der Waals surface area contributed by atoms with E-state index in [1.165, 1.54) is 0 Å². The van der Waals surface area contributed by atoms with Gasteiger partial charge in [0.25, 0.3) is 0 Å². The predicted octanol–water partition coefficient (Wildman–Crippen LogP) is 2.58. The SMILES string of the molecule is CCC(C)CN(CC)c1cc(Cl)nc(N)n1. The normalized spacial score (nSPS) is 12.5. The molecule has 90 valence electrons. The molecule has 0 aliphatic heterocycles. The van der Waals surface area contributed by atoms with Crippen LogP contribution in [0.5, 0.6) is 0 Å². The molecular weight excluding hydrogens is 224 g/mol. The number of nitrogens with two attached hydrogens (primary N) is 1. The molecule has 0 amide bonds. The highest BCUT2D eigenvalue weighted by Gasteiger charge is 2.11. The average Bonchev–Trinajstić information content (AvgIpc) is 2.24. The molecule has 0 saturated carbocycles. The van der Waals surface area contributed by atoms with Gasteiger partial charge in [0.15, 0.2) is 0 Å². The van der Waals surface area contributed by atoms with Crippen molar-refractivity contribution in [3.8, 4) is 0 Å². The quantitative estimate of drug-likeness (QED) is 0.807. The number of nitrogen functional groups attached to an aromatic ring is 1. The van der Waals surface area contributed by atoms with Crippen molar-refractivity contribution in [3.63, 3.8) is 0 Å². The van der Waals surface area contributed by atoms with Crippen LogP contribution in [-0.2, 0) is 0 Å².